The lowest BCUT2D eigenvalue weighted by Gasteiger charge is -2.49. The number of likely N-dealkylation sites (N-methyl/N-ethyl adjacent to an activating group) is 1. The number of hydrogen-bond donors (Lipinski definition) is 1. The summed E-state index contributed by atoms with van der Waals surface area (Å²) in [5.41, 5.74) is 6.51. The summed E-state index contributed by atoms with van der Waals surface area (Å²) in [5, 5.41) is 0. The predicted octanol–water partition coefficient (Wildman–Crippen LogP) is 0.768. The van der Waals surface area contributed by atoms with E-state index in [2.05, 4.69) is 16.8 Å². The SMILES string of the molecule is CN(CC1CCOCC1)C1(CN)CCN2CCC1C2. The third kappa shape index (κ3) is 2.56. The van der Waals surface area contributed by atoms with Crippen LogP contribution in [0.4, 0.5) is 0 Å². The highest BCUT2D eigenvalue weighted by Crippen LogP contribution is 2.39. The van der Waals surface area contributed by atoms with E-state index in [1.165, 1.54) is 51.9 Å². The van der Waals surface area contributed by atoms with Crippen molar-refractivity contribution in [3.63, 3.8) is 0 Å². The minimum atomic E-state index is 0.269. The Labute approximate surface area is 117 Å². The molecule has 0 aliphatic carbocycles. The van der Waals surface area contributed by atoms with Gasteiger partial charge in [-0.2, -0.15) is 0 Å². The Bertz CT molecular complexity index is 306. The zero-order chi connectivity index (χ0) is 13.3. The molecule has 2 N–H and O–H groups in total. The molecule has 3 saturated heterocycles. The molecule has 19 heavy (non-hydrogen) atoms. The van der Waals surface area contributed by atoms with Gasteiger partial charge in [-0.05, 0) is 57.7 Å². The van der Waals surface area contributed by atoms with E-state index in [1.807, 2.05) is 0 Å². The number of rotatable bonds is 4. The Morgan fingerprint density at radius 3 is 2.79 bits per heavy atom. The molecule has 0 saturated carbocycles. The van der Waals surface area contributed by atoms with Gasteiger partial charge in [-0.25, -0.2) is 0 Å². The van der Waals surface area contributed by atoms with E-state index in [9.17, 15) is 0 Å². The van der Waals surface area contributed by atoms with Gasteiger partial charge in [0.25, 0.3) is 0 Å². The van der Waals surface area contributed by atoms with Gasteiger partial charge in [0.15, 0.2) is 0 Å². The molecular weight excluding hydrogens is 238 g/mol. The predicted molar refractivity (Wildman–Crippen MR) is 77.1 cm³/mol. The van der Waals surface area contributed by atoms with Crippen LogP contribution in [0.5, 0.6) is 0 Å². The summed E-state index contributed by atoms with van der Waals surface area (Å²) in [6.45, 7) is 7.73. The molecule has 2 bridgehead atoms. The van der Waals surface area contributed by atoms with Crippen molar-refractivity contribution in [2.75, 3.05) is 53.0 Å². The zero-order valence-electron chi connectivity index (χ0n) is 12.3. The first-order chi connectivity index (χ1) is 9.24. The Morgan fingerprint density at radius 1 is 1.26 bits per heavy atom. The Balaban J connectivity index is 1.66. The standard InChI is InChI=1S/C15H29N3O/c1-17(10-13-3-8-19-9-4-13)15(12-16)5-7-18-6-2-14(15)11-18/h13-14H,2-12,16H2,1H3. The maximum atomic E-state index is 6.24. The van der Waals surface area contributed by atoms with Crippen molar-refractivity contribution in [1.82, 2.24) is 9.80 Å². The van der Waals surface area contributed by atoms with E-state index in [1.54, 1.807) is 0 Å². The van der Waals surface area contributed by atoms with Crippen LogP contribution in [0.15, 0.2) is 0 Å². The second kappa shape index (κ2) is 5.68. The molecule has 0 spiro atoms. The highest BCUT2D eigenvalue weighted by atomic mass is 16.5. The van der Waals surface area contributed by atoms with Crippen LogP contribution in [0.25, 0.3) is 0 Å². The summed E-state index contributed by atoms with van der Waals surface area (Å²) in [5.74, 6) is 1.60. The minimum Gasteiger partial charge on any atom is -0.381 e. The quantitative estimate of drug-likeness (QED) is 0.817. The molecule has 3 fully saturated rings. The molecule has 110 valence electrons. The third-order valence-electron chi connectivity index (χ3n) is 5.88. The van der Waals surface area contributed by atoms with E-state index in [0.717, 1.165) is 31.6 Å². The van der Waals surface area contributed by atoms with Crippen molar-refractivity contribution in [1.29, 1.82) is 0 Å². The first-order valence-corrected chi connectivity index (χ1v) is 7.96. The van der Waals surface area contributed by atoms with Gasteiger partial charge in [0.1, 0.15) is 0 Å². The van der Waals surface area contributed by atoms with Gasteiger partial charge in [-0.3, -0.25) is 4.90 Å². The van der Waals surface area contributed by atoms with E-state index < -0.39 is 0 Å². The van der Waals surface area contributed by atoms with Gasteiger partial charge in [0.2, 0.25) is 0 Å². The minimum absolute atomic E-state index is 0.269. The monoisotopic (exact) mass is 267 g/mol. The van der Waals surface area contributed by atoms with Gasteiger partial charge in [-0.15, -0.1) is 0 Å². The van der Waals surface area contributed by atoms with E-state index in [-0.39, 0.29) is 5.54 Å². The molecule has 4 nitrogen and oxygen atoms in total. The molecular formula is C15H29N3O. The Hall–Kier alpha value is -0.160. The average Bonchev–Trinajstić information content (AvgIpc) is 2.84. The summed E-state index contributed by atoms with van der Waals surface area (Å²) in [7, 11) is 2.32. The number of fused-ring (bicyclic) bond motifs is 2. The molecule has 0 amide bonds. The fraction of sp³-hybridized carbons (Fsp3) is 1.00. The number of hydrogen-bond acceptors (Lipinski definition) is 4. The van der Waals surface area contributed by atoms with Crippen molar-refractivity contribution >= 4 is 0 Å². The maximum absolute atomic E-state index is 6.24. The smallest absolute Gasteiger partial charge is 0.0469 e. The van der Waals surface area contributed by atoms with Gasteiger partial charge >= 0.3 is 0 Å². The molecule has 0 aromatic rings. The second-order valence-corrected chi connectivity index (χ2v) is 6.78. The number of ether oxygens (including phenoxy) is 1. The van der Waals surface area contributed by atoms with Gasteiger partial charge in [0.05, 0.1) is 0 Å². The van der Waals surface area contributed by atoms with E-state index in [0.29, 0.717) is 0 Å². The zero-order valence-corrected chi connectivity index (χ0v) is 12.3. The summed E-state index contributed by atoms with van der Waals surface area (Å²) in [4.78, 5) is 5.23. The highest BCUT2D eigenvalue weighted by Gasteiger charge is 2.47. The molecule has 3 aliphatic heterocycles. The topological polar surface area (TPSA) is 41.7 Å². The van der Waals surface area contributed by atoms with Crippen LogP contribution in [-0.2, 0) is 4.74 Å². The molecule has 3 heterocycles. The van der Waals surface area contributed by atoms with Crippen LogP contribution in [0.2, 0.25) is 0 Å². The van der Waals surface area contributed by atoms with Crippen molar-refractivity contribution in [2.24, 2.45) is 17.6 Å². The van der Waals surface area contributed by atoms with Crippen molar-refractivity contribution in [3.8, 4) is 0 Å². The summed E-state index contributed by atoms with van der Waals surface area (Å²) < 4.78 is 5.48. The van der Waals surface area contributed by atoms with E-state index in [4.69, 9.17) is 10.5 Å². The Kier molecular flexibility index (Phi) is 4.13. The first kappa shape index (κ1) is 13.8. The largest absolute Gasteiger partial charge is 0.381 e. The lowest BCUT2D eigenvalue weighted by molar-refractivity contribution is -0.00429. The molecule has 0 aromatic heterocycles. The van der Waals surface area contributed by atoms with Crippen LogP contribution in [0.3, 0.4) is 0 Å². The maximum Gasteiger partial charge on any atom is 0.0469 e. The summed E-state index contributed by atoms with van der Waals surface area (Å²) >= 11 is 0. The number of nitrogens with two attached hydrogens (primary N) is 1. The lowest BCUT2D eigenvalue weighted by Crippen LogP contribution is -2.61. The molecule has 3 unspecified atom stereocenters. The van der Waals surface area contributed by atoms with Gasteiger partial charge < -0.3 is 15.4 Å². The van der Waals surface area contributed by atoms with E-state index >= 15 is 0 Å². The van der Waals surface area contributed by atoms with Crippen LogP contribution >= 0.6 is 0 Å². The molecule has 3 rings (SSSR count). The van der Waals surface area contributed by atoms with Crippen LogP contribution in [-0.4, -0.2) is 68.3 Å². The summed E-state index contributed by atoms with van der Waals surface area (Å²) in [6.07, 6.45) is 5.05. The molecule has 3 atom stereocenters. The lowest BCUT2D eigenvalue weighted by atomic mass is 9.77. The third-order valence-corrected chi connectivity index (χ3v) is 5.88. The van der Waals surface area contributed by atoms with Crippen molar-refractivity contribution in [3.05, 3.63) is 0 Å². The fourth-order valence-corrected chi connectivity index (χ4v) is 4.46. The normalized spacial score (nSPS) is 39.9. The second-order valence-electron chi connectivity index (χ2n) is 6.78. The molecule has 0 aromatic carbocycles. The summed E-state index contributed by atoms with van der Waals surface area (Å²) in [6, 6.07) is 0. The van der Waals surface area contributed by atoms with Crippen molar-refractivity contribution in [2.45, 2.75) is 31.2 Å². The number of piperidine rings is 1. The number of nitrogens with zero attached hydrogens (tertiary/aromatic N) is 2. The molecule has 0 radical (unpaired) electrons. The van der Waals surface area contributed by atoms with Crippen LogP contribution < -0.4 is 5.73 Å². The Morgan fingerprint density at radius 2 is 2.05 bits per heavy atom. The highest BCUT2D eigenvalue weighted by molar-refractivity contribution is 5.04. The van der Waals surface area contributed by atoms with Crippen molar-refractivity contribution < 1.29 is 4.74 Å². The molecule has 3 aliphatic rings. The van der Waals surface area contributed by atoms with Gasteiger partial charge in [0, 0.05) is 38.4 Å². The van der Waals surface area contributed by atoms with Crippen LogP contribution in [0, 0.1) is 11.8 Å². The average molecular weight is 267 g/mol. The van der Waals surface area contributed by atoms with Crippen LogP contribution in [0.1, 0.15) is 25.7 Å². The van der Waals surface area contributed by atoms with Gasteiger partial charge in [-0.1, -0.05) is 0 Å². The fourth-order valence-electron chi connectivity index (χ4n) is 4.46. The molecule has 4 heteroatoms. The first-order valence-electron chi connectivity index (χ1n) is 7.96.